The number of ether oxygens (including phenoxy) is 1. The molecule has 0 amide bonds. The van der Waals surface area contributed by atoms with Gasteiger partial charge in [-0.15, -0.1) is 0 Å². The molecule has 0 aliphatic heterocycles. The molecule has 0 fully saturated rings. The first-order chi connectivity index (χ1) is 7.06. The molecule has 1 aromatic carbocycles. The molecule has 82 valence electrons. The molecular formula is C11H13BrO3. The summed E-state index contributed by atoms with van der Waals surface area (Å²) in [6, 6.07) is 5.00. The minimum atomic E-state index is -0.917. The quantitative estimate of drug-likeness (QED) is 0.856. The fourth-order valence-corrected chi connectivity index (χ4v) is 1.70. The molecular weight excluding hydrogens is 260 g/mol. The van der Waals surface area contributed by atoms with Crippen LogP contribution in [0.1, 0.15) is 34.6 Å². The van der Waals surface area contributed by atoms with Gasteiger partial charge in [-0.1, -0.05) is 15.9 Å². The Morgan fingerprint density at radius 1 is 1.60 bits per heavy atom. The third-order valence-corrected chi connectivity index (χ3v) is 2.49. The SMILES string of the molecule is CCOc1ccc(C(=O)O)c(C(C)Br)c1. The van der Waals surface area contributed by atoms with E-state index in [1.165, 1.54) is 0 Å². The van der Waals surface area contributed by atoms with Gasteiger partial charge in [0.2, 0.25) is 0 Å². The Kier molecular flexibility index (Phi) is 4.15. The topological polar surface area (TPSA) is 46.5 Å². The monoisotopic (exact) mass is 272 g/mol. The van der Waals surface area contributed by atoms with Crippen molar-refractivity contribution in [3.63, 3.8) is 0 Å². The Morgan fingerprint density at radius 2 is 2.27 bits per heavy atom. The van der Waals surface area contributed by atoms with Crippen molar-refractivity contribution in [3.05, 3.63) is 29.3 Å². The molecule has 4 heteroatoms. The molecule has 0 saturated heterocycles. The zero-order valence-corrected chi connectivity index (χ0v) is 10.2. The van der Waals surface area contributed by atoms with E-state index in [1.807, 2.05) is 13.8 Å². The van der Waals surface area contributed by atoms with Crippen molar-refractivity contribution >= 4 is 21.9 Å². The molecule has 1 unspecified atom stereocenters. The number of rotatable bonds is 4. The van der Waals surface area contributed by atoms with Gasteiger partial charge >= 0.3 is 5.97 Å². The second kappa shape index (κ2) is 5.16. The van der Waals surface area contributed by atoms with Crippen LogP contribution in [0, 0.1) is 0 Å². The van der Waals surface area contributed by atoms with Crippen LogP contribution in [0.5, 0.6) is 5.75 Å². The second-order valence-electron chi connectivity index (χ2n) is 3.10. The molecule has 1 N–H and O–H groups in total. The Balaban J connectivity index is 3.15. The third-order valence-electron chi connectivity index (χ3n) is 1.99. The molecule has 0 bridgehead atoms. The first-order valence-electron chi connectivity index (χ1n) is 4.70. The number of hydrogen-bond acceptors (Lipinski definition) is 2. The molecule has 1 rings (SSSR count). The van der Waals surface area contributed by atoms with Crippen molar-refractivity contribution < 1.29 is 14.6 Å². The molecule has 15 heavy (non-hydrogen) atoms. The average molecular weight is 273 g/mol. The minimum absolute atomic E-state index is 0.0102. The molecule has 1 aromatic rings. The van der Waals surface area contributed by atoms with E-state index in [0.29, 0.717) is 17.9 Å². The van der Waals surface area contributed by atoms with Gasteiger partial charge in [-0.3, -0.25) is 0 Å². The minimum Gasteiger partial charge on any atom is -0.494 e. The molecule has 0 radical (unpaired) electrons. The molecule has 0 aromatic heterocycles. The highest BCUT2D eigenvalue weighted by Gasteiger charge is 2.14. The molecule has 0 aliphatic carbocycles. The number of alkyl halides is 1. The summed E-state index contributed by atoms with van der Waals surface area (Å²) >= 11 is 3.37. The van der Waals surface area contributed by atoms with Gasteiger partial charge in [-0.2, -0.15) is 0 Å². The predicted molar refractivity (Wildman–Crippen MR) is 61.9 cm³/mol. The number of hydrogen-bond donors (Lipinski definition) is 1. The largest absolute Gasteiger partial charge is 0.494 e. The smallest absolute Gasteiger partial charge is 0.336 e. The van der Waals surface area contributed by atoms with Crippen LogP contribution in [0.15, 0.2) is 18.2 Å². The van der Waals surface area contributed by atoms with Gasteiger partial charge in [0, 0.05) is 4.83 Å². The maximum atomic E-state index is 10.9. The lowest BCUT2D eigenvalue weighted by molar-refractivity contribution is 0.0695. The molecule has 0 spiro atoms. The van der Waals surface area contributed by atoms with E-state index in [1.54, 1.807) is 18.2 Å². The summed E-state index contributed by atoms with van der Waals surface area (Å²) in [5, 5.41) is 8.97. The number of halogens is 1. The normalized spacial score (nSPS) is 12.2. The van der Waals surface area contributed by atoms with E-state index in [4.69, 9.17) is 9.84 Å². The highest BCUT2D eigenvalue weighted by Crippen LogP contribution is 2.29. The number of benzene rings is 1. The molecule has 1 atom stereocenters. The van der Waals surface area contributed by atoms with Crippen molar-refractivity contribution in [2.75, 3.05) is 6.61 Å². The lowest BCUT2D eigenvalue weighted by atomic mass is 10.1. The lowest BCUT2D eigenvalue weighted by Gasteiger charge is -2.11. The van der Waals surface area contributed by atoms with Gasteiger partial charge in [-0.05, 0) is 37.6 Å². The van der Waals surface area contributed by atoms with E-state index in [9.17, 15) is 4.79 Å². The highest BCUT2D eigenvalue weighted by molar-refractivity contribution is 9.09. The van der Waals surface area contributed by atoms with E-state index in [-0.39, 0.29) is 4.83 Å². The van der Waals surface area contributed by atoms with Crippen LogP contribution in [0.4, 0.5) is 0 Å². The van der Waals surface area contributed by atoms with E-state index >= 15 is 0 Å². The summed E-state index contributed by atoms with van der Waals surface area (Å²) in [4.78, 5) is 10.9. The van der Waals surface area contributed by atoms with Gasteiger partial charge in [0.15, 0.2) is 0 Å². The maximum Gasteiger partial charge on any atom is 0.336 e. The van der Waals surface area contributed by atoms with Gasteiger partial charge in [0.05, 0.1) is 12.2 Å². The Hall–Kier alpha value is -1.03. The first kappa shape index (κ1) is 12.0. The van der Waals surface area contributed by atoms with Gasteiger partial charge in [0.1, 0.15) is 5.75 Å². The average Bonchev–Trinajstić information content (AvgIpc) is 2.17. The zero-order valence-electron chi connectivity index (χ0n) is 8.66. The van der Waals surface area contributed by atoms with Crippen LogP contribution < -0.4 is 4.74 Å². The van der Waals surface area contributed by atoms with Crippen molar-refractivity contribution in [2.45, 2.75) is 18.7 Å². The Labute approximate surface area is 97.2 Å². The number of aromatic carboxylic acids is 1. The van der Waals surface area contributed by atoms with Crippen molar-refractivity contribution in [1.29, 1.82) is 0 Å². The standard InChI is InChI=1S/C11H13BrO3/c1-3-15-8-4-5-9(11(13)14)10(6-8)7(2)12/h4-7H,3H2,1-2H3,(H,13,14). The maximum absolute atomic E-state index is 10.9. The molecule has 0 aliphatic rings. The zero-order chi connectivity index (χ0) is 11.4. The summed E-state index contributed by atoms with van der Waals surface area (Å²) in [6.07, 6.45) is 0. The van der Waals surface area contributed by atoms with Crippen LogP contribution in [-0.2, 0) is 0 Å². The summed E-state index contributed by atoms with van der Waals surface area (Å²) < 4.78 is 5.32. The summed E-state index contributed by atoms with van der Waals surface area (Å²) in [5.74, 6) is -0.219. The van der Waals surface area contributed by atoms with Crippen LogP contribution in [-0.4, -0.2) is 17.7 Å². The Morgan fingerprint density at radius 3 is 2.73 bits per heavy atom. The summed E-state index contributed by atoms with van der Waals surface area (Å²) in [5.41, 5.74) is 1.04. The van der Waals surface area contributed by atoms with Crippen LogP contribution in [0.3, 0.4) is 0 Å². The predicted octanol–water partition coefficient (Wildman–Crippen LogP) is 3.24. The third kappa shape index (κ3) is 2.96. The number of carboxylic acids is 1. The van der Waals surface area contributed by atoms with Gasteiger partial charge in [0.25, 0.3) is 0 Å². The fraction of sp³-hybridized carbons (Fsp3) is 0.364. The second-order valence-corrected chi connectivity index (χ2v) is 4.48. The van der Waals surface area contributed by atoms with Crippen molar-refractivity contribution in [1.82, 2.24) is 0 Å². The number of carboxylic acid groups (broad SMARTS) is 1. The molecule has 0 heterocycles. The summed E-state index contributed by atoms with van der Waals surface area (Å²) in [7, 11) is 0. The van der Waals surface area contributed by atoms with Crippen LogP contribution in [0.2, 0.25) is 0 Å². The molecule has 0 saturated carbocycles. The lowest BCUT2D eigenvalue weighted by Crippen LogP contribution is -2.03. The van der Waals surface area contributed by atoms with Crippen LogP contribution >= 0.6 is 15.9 Å². The fourth-order valence-electron chi connectivity index (χ4n) is 1.32. The highest BCUT2D eigenvalue weighted by atomic mass is 79.9. The van der Waals surface area contributed by atoms with Crippen LogP contribution in [0.25, 0.3) is 0 Å². The Bertz CT molecular complexity index is 361. The van der Waals surface area contributed by atoms with E-state index < -0.39 is 5.97 Å². The van der Waals surface area contributed by atoms with Crippen molar-refractivity contribution in [2.24, 2.45) is 0 Å². The summed E-state index contributed by atoms with van der Waals surface area (Å²) in [6.45, 7) is 4.35. The molecule has 3 nitrogen and oxygen atoms in total. The van der Waals surface area contributed by atoms with E-state index in [0.717, 1.165) is 5.56 Å². The van der Waals surface area contributed by atoms with Gasteiger partial charge in [-0.25, -0.2) is 4.79 Å². The van der Waals surface area contributed by atoms with Gasteiger partial charge < -0.3 is 9.84 Å². The van der Waals surface area contributed by atoms with E-state index in [2.05, 4.69) is 15.9 Å². The first-order valence-corrected chi connectivity index (χ1v) is 5.62. The number of carbonyl (C=O) groups is 1. The van der Waals surface area contributed by atoms with Crippen molar-refractivity contribution in [3.8, 4) is 5.75 Å².